The molecule has 20 heavy (non-hydrogen) atoms. The molecule has 1 aromatic heterocycles. The van der Waals surface area contributed by atoms with Crippen LogP contribution in [-0.2, 0) is 12.7 Å². The quantitative estimate of drug-likeness (QED) is 0.866. The van der Waals surface area contributed by atoms with Crippen molar-refractivity contribution < 1.29 is 13.2 Å². The van der Waals surface area contributed by atoms with Crippen molar-refractivity contribution >= 4 is 21.6 Å². The van der Waals surface area contributed by atoms with Gasteiger partial charge in [-0.2, -0.15) is 13.2 Å². The molecule has 1 heterocycles. The zero-order valence-corrected chi connectivity index (χ0v) is 12.2. The Morgan fingerprint density at radius 3 is 2.55 bits per heavy atom. The summed E-state index contributed by atoms with van der Waals surface area (Å²) >= 11 is 3.27. The van der Waals surface area contributed by atoms with Gasteiger partial charge in [0.2, 0.25) is 0 Å². The number of aromatic nitrogens is 1. The highest BCUT2D eigenvalue weighted by atomic mass is 79.9. The summed E-state index contributed by atoms with van der Waals surface area (Å²) in [6.45, 7) is 1.82. The van der Waals surface area contributed by atoms with Crippen LogP contribution in [0.25, 0.3) is 0 Å². The summed E-state index contributed by atoms with van der Waals surface area (Å²) in [5, 5.41) is 2.94. The monoisotopic (exact) mass is 344 g/mol. The van der Waals surface area contributed by atoms with E-state index in [4.69, 9.17) is 0 Å². The second-order valence-corrected chi connectivity index (χ2v) is 5.26. The minimum Gasteiger partial charge on any atom is -0.379 e. The van der Waals surface area contributed by atoms with E-state index in [-0.39, 0.29) is 5.56 Å². The van der Waals surface area contributed by atoms with E-state index in [9.17, 15) is 13.2 Å². The zero-order valence-electron chi connectivity index (χ0n) is 10.6. The summed E-state index contributed by atoms with van der Waals surface area (Å²) in [6, 6.07) is 7.84. The molecule has 0 saturated heterocycles. The highest BCUT2D eigenvalue weighted by molar-refractivity contribution is 9.10. The molecular weight excluding hydrogens is 333 g/mol. The van der Waals surface area contributed by atoms with E-state index in [1.807, 2.05) is 6.07 Å². The Morgan fingerprint density at radius 2 is 1.95 bits per heavy atom. The van der Waals surface area contributed by atoms with Gasteiger partial charge >= 0.3 is 6.18 Å². The van der Waals surface area contributed by atoms with Crippen molar-refractivity contribution in [2.24, 2.45) is 0 Å². The van der Waals surface area contributed by atoms with Crippen molar-refractivity contribution in [3.63, 3.8) is 0 Å². The van der Waals surface area contributed by atoms with E-state index in [1.54, 1.807) is 18.3 Å². The molecule has 1 aromatic carbocycles. The summed E-state index contributed by atoms with van der Waals surface area (Å²) in [5.74, 6) is 0. The molecule has 0 saturated carbocycles. The Bertz CT molecular complexity index is 594. The van der Waals surface area contributed by atoms with Crippen LogP contribution in [0.15, 0.2) is 41.0 Å². The van der Waals surface area contributed by atoms with Gasteiger partial charge in [-0.25, -0.2) is 0 Å². The topological polar surface area (TPSA) is 24.9 Å². The molecule has 0 aliphatic carbocycles. The molecular formula is C14H12BrF3N2. The Balaban J connectivity index is 2.12. The number of rotatable bonds is 3. The Labute approximate surface area is 123 Å². The number of alkyl halides is 3. The van der Waals surface area contributed by atoms with E-state index in [0.717, 1.165) is 16.2 Å². The van der Waals surface area contributed by atoms with Gasteiger partial charge in [-0.15, -0.1) is 0 Å². The molecule has 0 unspecified atom stereocenters. The smallest absolute Gasteiger partial charge is 0.379 e. The number of nitrogens with zero attached hydrogens (tertiary/aromatic N) is 1. The van der Waals surface area contributed by atoms with E-state index in [2.05, 4.69) is 26.2 Å². The molecule has 0 radical (unpaired) electrons. The van der Waals surface area contributed by atoms with Crippen LogP contribution in [0.4, 0.5) is 18.9 Å². The highest BCUT2D eigenvalue weighted by Gasteiger charge is 2.32. The third kappa shape index (κ3) is 3.72. The lowest BCUT2D eigenvalue weighted by molar-refractivity contribution is -0.138. The van der Waals surface area contributed by atoms with Gasteiger partial charge in [-0.3, -0.25) is 4.98 Å². The Morgan fingerprint density at radius 1 is 1.20 bits per heavy atom. The fourth-order valence-corrected chi connectivity index (χ4v) is 1.98. The standard InChI is InChI=1S/C14H12BrF3N2/c1-9-2-4-11(6-13(9)14(16,17)18)20-8-12-5-3-10(15)7-19-12/h2-7,20H,8H2,1H3. The van der Waals surface area contributed by atoms with E-state index >= 15 is 0 Å². The summed E-state index contributed by atoms with van der Waals surface area (Å²) < 4.78 is 39.2. The predicted molar refractivity (Wildman–Crippen MR) is 75.4 cm³/mol. The average Bonchev–Trinajstić information content (AvgIpc) is 2.38. The molecule has 1 N–H and O–H groups in total. The van der Waals surface area contributed by atoms with E-state index < -0.39 is 11.7 Å². The van der Waals surface area contributed by atoms with E-state index in [1.165, 1.54) is 13.0 Å². The molecule has 0 fully saturated rings. The van der Waals surface area contributed by atoms with Crippen molar-refractivity contribution in [3.05, 3.63) is 57.8 Å². The SMILES string of the molecule is Cc1ccc(NCc2ccc(Br)cn2)cc1C(F)(F)F. The first-order chi connectivity index (χ1) is 9.36. The largest absolute Gasteiger partial charge is 0.416 e. The maximum absolute atomic E-state index is 12.8. The summed E-state index contributed by atoms with van der Waals surface area (Å²) in [4.78, 5) is 4.15. The van der Waals surface area contributed by atoms with Gasteiger partial charge in [0.15, 0.2) is 0 Å². The molecule has 0 aliphatic heterocycles. The zero-order chi connectivity index (χ0) is 14.8. The number of benzene rings is 1. The van der Waals surface area contributed by atoms with Crippen molar-refractivity contribution in [1.82, 2.24) is 4.98 Å². The normalized spacial score (nSPS) is 11.4. The van der Waals surface area contributed by atoms with Gasteiger partial charge in [0.05, 0.1) is 17.8 Å². The number of anilines is 1. The van der Waals surface area contributed by atoms with Gasteiger partial charge in [-0.05, 0) is 52.7 Å². The van der Waals surface area contributed by atoms with Crippen molar-refractivity contribution in [2.75, 3.05) is 5.32 Å². The molecule has 2 nitrogen and oxygen atoms in total. The molecule has 6 heteroatoms. The van der Waals surface area contributed by atoms with Gasteiger partial charge in [0, 0.05) is 16.4 Å². The molecule has 0 atom stereocenters. The minimum absolute atomic E-state index is 0.213. The fourth-order valence-electron chi connectivity index (χ4n) is 1.74. The van der Waals surface area contributed by atoms with Crippen LogP contribution in [0.3, 0.4) is 0 Å². The van der Waals surface area contributed by atoms with Crippen molar-refractivity contribution in [3.8, 4) is 0 Å². The number of pyridine rings is 1. The maximum Gasteiger partial charge on any atom is 0.416 e. The molecule has 0 aliphatic rings. The van der Waals surface area contributed by atoms with Gasteiger partial charge in [0.25, 0.3) is 0 Å². The van der Waals surface area contributed by atoms with Gasteiger partial charge < -0.3 is 5.32 Å². The molecule has 0 spiro atoms. The van der Waals surface area contributed by atoms with Crippen LogP contribution in [-0.4, -0.2) is 4.98 Å². The van der Waals surface area contributed by atoms with Gasteiger partial charge in [0.1, 0.15) is 0 Å². The first-order valence-corrected chi connectivity index (χ1v) is 6.68. The number of halogens is 4. The third-order valence-electron chi connectivity index (χ3n) is 2.81. The predicted octanol–water partition coefficient (Wildman–Crippen LogP) is 4.78. The summed E-state index contributed by atoms with van der Waals surface area (Å²) in [7, 11) is 0. The number of hydrogen-bond donors (Lipinski definition) is 1. The number of aryl methyl sites for hydroxylation is 1. The lowest BCUT2D eigenvalue weighted by Crippen LogP contribution is -2.09. The maximum atomic E-state index is 12.8. The van der Waals surface area contributed by atoms with Crippen molar-refractivity contribution in [1.29, 1.82) is 0 Å². The average molecular weight is 345 g/mol. The molecule has 106 valence electrons. The number of nitrogens with one attached hydrogen (secondary N) is 1. The summed E-state index contributed by atoms with van der Waals surface area (Å²) in [5.41, 5.74) is 0.769. The summed E-state index contributed by atoms with van der Waals surface area (Å²) in [6.07, 6.45) is -2.69. The second kappa shape index (κ2) is 5.83. The fraction of sp³-hybridized carbons (Fsp3) is 0.214. The second-order valence-electron chi connectivity index (χ2n) is 4.35. The third-order valence-corrected chi connectivity index (χ3v) is 3.27. The van der Waals surface area contributed by atoms with Crippen LogP contribution in [0, 0.1) is 6.92 Å². The van der Waals surface area contributed by atoms with Crippen LogP contribution < -0.4 is 5.32 Å². The highest BCUT2D eigenvalue weighted by Crippen LogP contribution is 2.33. The number of hydrogen-bond acceptors (Lipinski definition) is 2. The molecule has 0 bridgehead atoms. The Kier molecular flexibility index (Phi) is 4.32. The molecule has 2 aromatic rings. The van der Waals surface area contributed by atoms with Crippen molar-refractivity contribution in [2.45, 2.75) is 19.6 Å². The Hall–Kier alpha value is -1.56. The van der Waals surface area contributed by atoms with Gasteiger partial charge in [-0.1, -0.05) is 6.07 Å². The molecule has 2 rings (SSSR count). The first kappa shape index (κ1) is 14.8. The minimum atomic E-state index is -4.34. The molecule has 0 amide bonds. The van der Waals surface area contributed by atoms with Crippen LogP contribution in [0.5, 0.6) is 0 Å². The van der Waals surface area contributed by atoms with Crippen LogP contribution >= 0.6 is 15.9 Å². The van der Waals surface area contributed by atoms with E-state index in [0.29, 0.717) is 12.2 Å². The lowest BCUT2D eigenvalue weighted by Gasteiger charge is -2.13. The lowest BCUT2D eigenvalue weighted by atomic mass is 10.1. The van der Waals surface area contributed by atoms with Crippen LogP contribution in [0.2, 0.25) is 0 Å². The first-order valence-electron chi connectivity index (χ1n) is 5.88. The van der Waals surface area contributed by atoms with Crippen LogP contribution in [0.1, 0.15) is 16.8 Å².